The molecule has 0 unspecified atom stereocenters. The third kappa shape index (κ3) is 4.16. The highest BCUT2D eigenvalue weighted by atomic mass is 35.6. The molecule has 0 aromatic carbocycles. The molecule has 0 saturated heterocycles. The molecule has 8 heteroatoms. The molecule has 0 saturated carbocycles. The predicted octanol–water partition coefficient (Wildman–Crippen LogP) is 5.39. The quantitative estimate of drug-likeness (QED) is 0.573. The zero-order valence-electron chi connectivity index (χ0n) is 6.75. The van der Waals surface area contributed by atoms with Gasteiger partial charge in [-0.2, -0.15) is 0 Å². The Balaban J connectivity index is 3.30. The highest BCUT2D eigenvalue weighted by molar-refractivity contribution is 6.67. The molecule has 1 nitrogen and oxygen atoms in total. The molecular weight excluding hydrogens is 346 g/mol. The van der Waals surface area contributed by atoms with Crippen LogP contribution in [0, 0.1) is 0 Å². The highest BCUT2D eigenvalue weighted by Gasteiger charge is 2.30. The second-order valence-corrected chi connectivity index (χ2v) is 7.55. The first-order valence-corrected chi connectivity index (χ1v) is 6.07. The van der Waals surface area contributed by atoms with Gasteiger partial charge in [0.1, 0.15) is 0 Å². The topological polar surface area (TPSA) is 12.9 Å². The van der Waals surface area contributed by atoms with Crippen LogP contribution in [0.15, 0.2) is 12.1 Å². The summed E-state index contributed by atoms with van der Waals surface area (Å²) in [5.74, 6) is 0. The van der Waals surface area contributed by atoms with Gasteiger partial charge in [-0.1, -0.05) is 81.2 Å². The van der Waals surface area contributed by atoms with Crippen molar-refractivity contribution in [3.63, 3.8) is 0 Å². The lowest BCUT2D eigenvalue weighted by Gasteiger charge is -2.15. The van der Waals surface area contributed by atoms with Crippen LogP contribution in [-0.4, -0.2) is 4.98 Å². The number of hydrogen-bond acceptors (Lipinski definition) is 1. The van der Waals surface area contributed by atoms with Crippen LogP contribution in [0.3, 0.4) is 0 Å². The molecule has 0 atom stereocenters. The molecule has 0 bridgehead atoms. The van der Waals surface area contributed by atoms with Gasteiger partial charge in [0.2, 0.25) is 7.59 Å². The zero-order valence-corrected chi connectivity index (χ0v) is 12.0. The van der Waals surface area contributed by atoms with Gasteiger partial charge in [-0.05, 0) is 12.1 Å². The van der Waals surface area contributed by atoms with E-state index in [1.54, 1.807) is 0 Å². The van der Waals surface area contributed by atoms with E-state index >= 15 is 0 Å². The van der Waals surface area contributed by atoms with Gasteiger partial charge in [0.05, 0.1) is 11.4 Å². The van der Waals surface area contributed by atoms with Crippen LogP contribution in [0.2, 0.25) is 5.02 Å². The van der Waals surface area contributed by atoms with Gasteiger partial charge in [0, 0.05) is 5.02 Å². The van der Waals surface area contributed by atoms with Gasteiger partial charge in [-0.3, -0.25) is 0 Å². The fourth-order valence-corrected chi connectivity index (χ4v) is 1.58. The second kappa shape index (κ2) is 4.81. The van der Waals surface area contributed by atoms with Crippen molar-refractivity contribution in [2.45, 2.75) is 7.59 Å². The smallest absolute Gasteiger partial charge is 0.232 e. The molecule has 1 aromatic rings. The molecule has 1 aromatic heterocycles. The minimum Gasteiger partial charge on any atom is -0.249 e. The van der Waals surface area contributed by atoms with Crippen LogP contribution in [0.25, 0.3) is 0 Å². The lowest BCUT2D eigenvalue weighted by Crippen LogP contribution is -2.10. The van der Waals surface area contributed by atoms with Crippen molar-refractivity contribution in [3.8, 4) is 0 Å². The van der Waals surface area contributed by atoms with E-state index in [1.807, 2.05) is 0 Å². The summed E-state index contributed by atoms with van der Waals surface area (Å²) < 4.78 is -3.43. The Morgan fingerprint density at radius 1 is 0.800 bits per heavy atom. The first-order valence-electron chi connectivity index (χ1n) is 3.42. The number of aromatic nitrogens is 1. The summed E-state index contributed by atoms with van der Waals surface area (Å²) >= 11 is 39.6. The van der Waals surface area contributed by atoms with E-state index in [9.17, 15) is 0 Å². The third-order valence-electron chi connectivity index (χ3n) is 1.37. The van der Waals surface area contributed by atoms with Crippen LogP contribution in [0.1, 0.15) is 11.4 Å². The molecule has 0 spiro atoms. The second-order valence-electron chi connectivity index (χ2n) is 2.55. The van der Waals surface area contributed by atoms with Crippen LogP contribution in [0.4, 0.5) is 0 Å². The number of alkyl halides is 6. The maximum atomic E-state index is 5.77. The van der Waals surface area contributed by atoms with E-state index in [1.165, 1.54) is 12.1 Å². The van der Waals surface area contributed by atoms with Crippen molar-refractivity contribution in [1.82, 2.24) is 4.98 Å². The van der Waals surface area contributed by atoms with Gasteiger partial charge in [-0.25, -0.2) is 4.98 Å². The molecule has 1 rings (SSSR count). The number of halogens is 7. The SMILES string of the molecule is Clc1cc(C(Cl)(Cl)Cl)nc(C(Cl)(Cl)Cl)c1. The zero-order chi connectivity index (χ0) is 11.9. The first kappa shape index (κ1) is 14.2. The van der Waals surface area contributed by atoms with E-state index in [-0.39, 0.29) is 16.4 Å². The van der Waals surface area contributed by atoms with E-state index in [0.29, 0.717) is 0 Å². The maximum Gasteiger partial charge on any atom is 0.232 e. The molecule has 0 aliphatic rings. The normalized spacial score (nSPS) is 13.0. The third-order valence-corrected chi connectivity index (χ3v) is 2.75. The highest BCUT2D eigenvalue weighted by Crippen LogP contribution is 2.42. The minimum atomic E-state index is -1.71. The Morgan fingerprint density at radius 2 is 1.13 bits per heavy atom. The molecule has 0 radical (unpaired) electrons. The van der Waals surface area contributed by atoms with E-state index in [0.717, 1.165) is 0 Å². The minimum absolute atomic E-state index is 0.0984. The van der Waals surface area contributed by atoms with Crippen molar-refractivity contribution in [3.05, 3.63) is 28.5 Å². The van der Waals surface area contributed by atoms with Crippen molar-refractivity contribution in [2.24, 2.45) is 0 Å². The summed E-state index contributed by atoms with van der Waals surface area (Å²) in [5.41, 5.74) is 0.197. The number of nitrogens with zero attached hydrogens (tertiary/aromatic N) is 1. The van der Waals surface area contributed by atoms with Gasteiger partial charge < -0.3 is 0 Å². The Bertz CT molecular complexity index is 332. The molecule has 84 valence electrons. The molecule has 0 aliphatic heterocycles. The van der Waals surface area contributed by atoms with Crippen molar-refractivity contribution in [1.29, 1.82) is 0 Å². The van der Waals surface area contributed by atoms with E-state index < -0.39 is 7.59 Å². The van der Waals surface area contributed by atoms with E-state index in [4.69, 9.17) is 81.2 Å². The Labute approximate surface area is 122 Å². The summed E-state index contributed by atoms with van der Waals surface area (Å²) in [6.07, 6.45) is 0. The summed E-state index contributed by atoms with van der Waals surface area (Å²) in [6, 6.07) is 2.77. The van der Waals surface area contributed by atoms with E-state index in [2.05, 4.69) is 4.98 Å². The lowest BCUT2D eigenvalue weighted by atomic mass is 10.3. The first-order chi connectivity index (χ1) is 6.60. The van der Waals surface area contributed by atoms with Gasteiger partial charge in [0.25, 0.3) is 0 Å². The van der Waals surface area contributed by atoms with Crippen LogP contribution < -0.4 is 0 Å². The Hall–Kier alpha value is 1.18. The molecule has 0 fully saturated rings. The molecule has 1 heterocycles. The molecule has 0 aliphatic carbocycles. The van der Waals surface area contributed by atoms with Crippen LogP contribution >= 0.6 is 81.2 Å². The molecular formula is C7H2Cl7N. The largest absolute Gasteiger partial charge is 0.249 e. The Morgan fingerprint density at radius 3 is 1.40 bits per heavy atom. The number of hydrogen-bond donors (Lipinski definition) is 0. The summed E-state index contributed by atoms with van der Waals surface area (Å²) in [5, 5.41) is 0.271. The molecule has 0 amide bonds. The fourth-order valence-electron chi connectivity index (χ4n) is 0.788. The predicted molar refractivity (Wildman–Crippen MR) is 67.7 cm³/mol. The summed E-state index contributed by atoms with van der Waals surface area (Å²) in [4.78, 5) is 3.90. The van der Waals surface area contributed by atoms with Crippen LogP contribution in [-0.2, 0) is 7.59 Å². The summed E-state index contributed by atoms with van der Waals surface area (Å²) in [6.45, 7) is 0. The summed E-state index contributed by atoms with van der Waals surface area (Å²) in [7, 11) is 0. The average molecular weight is 348 g/mol. The molecule has 15 heavy (non-hydrogen) atoms. The fraction of sp³-hybridized carbons (Fsp3) is 0.286. The van der Waals surface area contributed by atoms with Gasteiger partial charge >= 0.3 is 0 Å². The average Bonchev–Trinajstić information content (AvgIpc) is 1.99. The van der Waals surface area contributed by atoms with Crippen molar-refractivity contribution < 1.29 is 0 Å². The van der Waals surface area contributed by atoms with Crippen LogP contribution in [0.5, 0.6) is 0 Å². The molecule has 0 N–H and O–H groups in total. The van der Waals surface area contributed by atoms with Gasteiger partial charge in [-0.15, -0.1) is 0 Å². The number of rotatable bonds is 0. The van der Waals surface area contributed by atoms with Crippen molar-refractivity contribution in [2.75, 3.05) is 0 Å². The lowest BCUT2D eigenvalue weighted by molar-refractivity contribution is 0.996. The standard InChI is InChI=1S/C7H2Cl7N/c8-3-1-4(6(9,10)11)15-5(2-3)7(12,13)14/h1-2H. The maximum absolute atomic E-state index is 5.77. The van der Waals surface area contributed by atoms with Crippen molar-refractivity contribution >= 4 is 81.2 Å². The van der Waals surface area contributed by atoms with Gasteiger partial charge in [0.15, 0.2) is 0 Å². The monoisotopic (exact) mass is 345 g/mol. The number of pyridine rings is 1. The Kier molecular flexibility index (Phi) is 4.57.